The lowest BCUT2D eigenvalue weighted by Gasteiger charge is -2.43. The van der Waals surface area contributed by atoms with Crippen molar-refractivity contribution >= 4 is 0 Å². The molecule has 0 saturated carbocycles. The first-order valence-corrected chi connectivity index (χ1v) is 7.52. The number of ether oxygens (including phenoxy) is 2. The Hall–Kier alpha value is -1.11. The maximum atomic E-state index is 6.09. The van der Waals surface area contributed by atoms with E-state index in [-0.39, 0.29) is 11.6 Å². The van der Waals surface area contributed by atoms with E-state index < -0.39 is 0 Å². The van der Waals surface area contributed by atoms with Crippen LogP contribution in [0.5, 0.6) is 5.88 Å². The molecule has 1 aliphatic heterocycles. The summed E-state index contributed by atoms with van der Waals surface area (Å²) >= 11 is 0. The van der Waals surface area contributed by atoms with Gasteiger partial charge in [0.05, 0.1) is 30.0 Å². The Morgan fingerprint density at radius 1 is 1.43 bits per heavy atom. The minimum atomic E-state index is -0.102. The standard InChI is InChI=1S/C15H28N4O2/c1-11-13(14(20-4)18(3)17-11)12(9-16)19-8-6-7-15(2,10-19)21-5/h12H,6-10,16H2,1-5H3. The summed E-state index contributed by atoms with van der Waals surface area (Å²) in [4.78, 5) is 2.40. The van der Waals surface area contributed by atoms with Crippen LogP contribution >= 0.6 is 0 Å². The Morgan fingerprint density at radius 3 is 2.71 bits per heavy atom. The van der Waals surface area contributed by atoms with Crippen LogP contribution in [0.25, 0.3) is 0 Å². The van der Waals surface area contributed by atoms with E-state index in [1.807, 2.05) is 14.0 Å². The van der Waals surface area contributed by atoms with Gasteiger partial charge in [0.2, 0.25) is 5.88 Å². The lowest BCUT2D eigenvalue weighted by atomic mass is 9.92. The van der Waals surface area contributed by atoms with Crippen LogP contribution in [0, 0.1) is 6.92 Å². The largest absolute Gasteiger partial charge is 0.481 e. The molecule has 2 rings (SSSR count). The summed E-state index contributed by atoms with van der Waals surface area (Å²) in [6.07, 6.45) is 2.20. The highest BCUT2D eigenvalue weighted by atomic mass is 16.5. The second kappa shape index (κ2) is 6.34. The van der Waals surface area contributed by atoms with Crippen molar-refractivity contribution in [3.8, 4) is 5.88 Å². The van der Waals surface area contributed by atoms with Gasteiger partial charge in [-0.1, -0.05) is 0 Å². The van der Waals surface area contributed by atoms with Crippen molar-refractivity contribution in [1.82, 2.24) is 14.7 Å². The number of methoxy groups -OCH3 is 2. The van der Waals surface area contributed by atoms with E-state index in [0.29, 0.717) is 6.54 Å². The van der Waals surface area contributed by atoms with Crippen molar-refractivity contribution in [1.29, 1.82) is 0 Å². The van der Waals surface area contributed by atoms with E-state index >= 15 is 0 Å². The SMILES string of the molecule is COc1c(C(CN)N2CCCC(C)(OC)C2)c(C)nn1C. The average Bonchev–Trinajstić information content (AvgIpc) is 2.74. The molecule has 21 heavy (non-hydrogen) atoms. The number of nitrogens with two attached hydrogens (primary N) is 1. The number of piperidine rings is 1. The van der Waals surface area contributed by atoms with E-state index in [1.54, 1.807) is 18.9 Å². The van der Waals surface area contributed by atoms with Gasteiger partial charge in [-0.15, -0.1) is 0 Å². The fraction of sp³-hybridized carbons (Fsp3) is 0.800. The highest BCUT2D eigenvalue weighted by Gasteiger charge is 2.36. The Bertz CT molecular complexity index is 488. The molecule has 1 aromatic heterocycles. The van der Waals surface area contributed by atoms with E-state index in [0.717, 1.165) is 43.1 Å². The van der Waals surface area contributed by atoms with Gasteiger partial charge in [0.15, 0.2) is 0 Å². The zero-order chi connectivity index (χ0) is 15.6. The monoisotopic (exact) mass is 296 g/mol. The number of nitrogens with zero attached hydrogens (tertiary/aromatic N) is 3. The molecule has 0 radical (unpaired) electrons. The van der Waals surface area contributed by atoms with Crippen LogP contribution in [-0.4, -0.2) is 54.1 Å². The molecule has 0 aliphatic carbocycles. The third-order valence-electron chi connectivity index (χ3n) is 4.59. The molecule has 6 nitrogen and oxygen atoms in total. The second-order valence-electron chi connectivity index (χ2n) is 6.11. The highest BCUT2D eigenvalue weighted by Crippen LogP contribution is 2.35. The molecule has 0 amide bonds. The molecule has 2 atom stereocenters. The third-order valence-corrected chi connectivity index (χ3v) is 4.59. The number of aromatic nitrogens is 2. The number of rotatable bonds is 5. The Kier molecular flexibility index (Phi) is 4.91. The van der Waals surface area contributed by atoms with Gasteiger partial charge in [-0.05, 0) is 33.2 Å². The topological polar surface area (TPSA) is 65.5 Å². The van der Waals surface area contributed by atoms with Crippen LogP contribution in [0.3, 0.4) is 0 Å². The van der Waals surface area contributed by atoms with Gasteiger partial charge in [0, 0.05) is 27.2 Å². The summed E-state index contributed by atoms with van der Waals surface area (Å²) in [5.74, 6) is 0.799. The van der Waals surface area contributed by atoms with Gasteiger partial charge >= 0.3 is 0 Å². The zero-order valence-corrected chi connectivity index (χ0v) is 13.8. The van der Waals surface area contributed by atoms with Crippen molar-refractivity contribution < 1.29 is 9.47 Å². The Balaban J connectivity index is 2.32. The van der Waals surface area contributed by atoms with Crippen molar-refractivity contribution in [3.63, 3.8) is 0 Å². The van der Waals surface area contributed by atoms with Crippen molar-refractivity contribution in [2.24, 2.45) is 12.8 Å². The average molecular weight is 296 g/mol. The van der Waals surface area contributed by atoms with E-state index in [9.17, 15) is 0 Å². The summed E-state index contributed by atoms with van der Waals surface area (Å²) in [6, 6.07) is 0.114. The van der Waals surface area contributed by atoms with Gasteiger partial charge in [0.1, 0.15) is 0 Å². The molecule has 1 fully saturated rings. The summed E-state index contributed by atoms with van der Waals surface area (Å²) in [5, 5.41) is 4.48. The highest BCUT2D eigenvalue weighted by molar-refractivity contribution is 5.34. The minimum absolute atomic E-state index is 0.102. The van der Waals surface area contributed by atoms with Crippen molar-refractivity contribution in [3.05, 3.63) is 11.3 Å². The summed E-state index contributed by atoms with van der Waals surface area (Å²) < 4.78 is 13.0. The fourth-order valence-electron chi connectivity index (χ4n) is 3.41. The molecular weight excluding hydrogens is 268 g/mol. The molecule has 2 heterocycles. The predicted molar refractivity (Wildman–Crippen MR) is 82.5 cm³/mol. The van der Waals surface area contributed by atoms with Crippen LogP contribution in [0.1, 0.15) is 37.1 Å². The van der Waals surface area contributed by atoms with Crippen LogP contribution in [-0.2, 0) is 11.8 Å². The van der Waals surface area contributed by atoms with Crippen LogP contribution in [0.4, 0.5) is 0 Å². The molecule has 2 N–H and O–H groups in total. The van der Waals surface area contributed by atoms with Gasteiger partial charge in [-0.2, -0.15) is 5.10 Å². The molecule has 0 aromatic carbocycles. The second-order valence-corrected chi connectivity index (χ2v) is 6.11. The van der Waals surface area contributed by atoms with Gasteiger partial charge in [-0.25, -0.2) is 4.68 Å². The van der Waals surface area contributed by atoms with Gasteiger partial charge in [0.25, 0.3) is 0 Å². The molecule has 120 valence electrons. The Morgan fingerprint density at radius 2 is 2.14 bits per heavy atom. The maximum Gasteiger partial charge on any atom is 0.216 e. The molecule has 0 bridgehead atoms. The molecule has 1 saturated heterocycles. The first kappa shape index (κ1) is 16.3. The lowest BCUT2D eigenvalue weighted by Crippen LogP contribution is -2.50. The number of hydrogen-bond donors (Lipinski definition) is 1. The van der Waals surface area contributed by atoms with Gasteiger partial charge < -0.3 is 15.2 Å². The summed E-state index contributed by atoms with van der Waals surface area (Å²) in [5.41, 5.74) is 8.07. The number of aryl methyl sites for hydroxylation is 2. The normalized spacial score (nSPS) is 25.0. The summed E-state index contributed by atoms with van der Waals surface area (Å²) in [6.45, 7) is 6.63. The fourth-order valence-corrected chi connectivity index (χ4v) is 3.41. The first-order valence-electron chi connectivity index (χ1n) is 7.52. The van der Waals surface area contributed by atoms with Crippen LogP contribution in [0.2, 0.25) is 0 Å². The molecule has 2 unspecified atom stereocenters. The van der Waals surface area contributed by atoms with Crippen LogP contribution in [0.15, 0.2) is 0 Å². The molecule has 1 aromatic rings. The summed E-state index contributed by atoms with van der Waals surface area (Å²) in [7, 11) is 5.37. The zero-order valence-electron chi connectivity index (χ0n) is 13.8. The molecule has 1 aliphatic rings. The van der Waals surface area contributed by atoms with Crippen molar-refractivity contribution in [2.45, 2.75) is 38.3 Å². The molecule has 6 heteroatoms. The predicted octanol–water partition coefficient (Wildman–Crippen LogP) is 1.24. The first-order chi connectivity index (χ1) is 9.95. The molecular formula is C15H28N4O2. The maximum absolute atomic E-state index is 6.09. The van der Waals surface area contributed by atoms with Crippen molar-refractivity contribution in [2.75, 3.05) is 33.9 Å². The lowest BCUT2D eigenvalue weighted by molar-refractivity contribution is -0.0610. The number of likely N-dealkylation sites (tertiary alicyclic amines) is 1. The molecule has 0 spiro atoms. The van der Waals surface area contributed by atoms with E-state index in [1.165, 1.54) is 0 Å². The van der Waals surface area contributed by atoms with Crippen LogP contribution < -0.4 is 10.5 Å². The van der Waals surface area contributed by atoms with E-state index in [2.05, 4.69) is 16.9 Å². The van der Waals surface area contributed by atoms with Gasteiger partial charge in [-0.3, -0.25) is 4.90 Å². The number of hydrogen-bond acceptors (Lipinski definition) is 5. The third kappa shape index (κ3) is 3.07. The smallest absolute Gasteiger partial charge is 0.216 e. The minimum Gasteiger partial charge on any atom is -0.481 e. The van der Waals surface area contributed by atoms with E-state index in [4.69, 9.17) is 15.2 Å². The quantitative estimate of drug-likeness (QED) is 0.885. The Labute approximate surface area is 127 Å².